The van der Waals surface area contributed by atoms with E-state index in [9.17, 15) is 34.8 Å². The maximum atomic E-state index is 14.1. The van der Waals surface area contributed by atoms with Crippen molar-refractivity contribution in [3.63, 3.8) is 0 Å². The normalized spacial score (nSPS) is 45.1. The molecule has 1 aromatic rings. The number of esters is 2. The fraction of sp³-hybridized carbons (Fsp3) is 0.654. The molecule has 0 aromatic carbocycles. The Kier molecular flexibility index (Phi) is 6.21. The highest BCUT2D eigenvalue weighted by molar-refractivity contribution is 7.11. The van der Waals surface area contributed by atoms with E-state index in [-0.39, 0.29) is 29.9 Å². The molecule has 202 valence electrons. The first-order valence-corrected chi connectivity index (χ1v) is 13.2. The van der Waals surface area contributed by atoms with Crippen molar-refractivity contribution < 1.29 is 49.0 Å². The Bertz CT molecular complexity index is 1160. The molecule has 37 heavy (non-hydrogen) atoms. The number of carbonyl (C=O) groups excluding carboxylic acids is 3. The summed E-state index contributed by atoms with van der Waals surface area (Å²) < 4.78 is 17.5. The van der Waals surface area contributed by atoms with E-state index >= 15 is 0 Å². The molecule has 1 aliphatic heterocycles. The van der Waals surface area contributed by atoms with Crippen LogP contribution in [-0.2, 0) is 23.8 Å². The summed E-state index contributed by atoms with van der Waals surface area (Å²) in [5, 5.41) is 47.7. The van der Waals surface area contributed by atoms with Crippen molar-refractivity contribution in [2.45, 2.75) is 82.3 Å². The first kappa shape index (κ1) is 26.5. The molecule has 10 nitrogen and oxygen atoms in total. The monoisotopic (exact) mass is 536 g/mol. The van der Waals surface area contributed by atoms with Crippen molar-refractivity contribution in [2.24, 2.45) is 17.3 Å². The summed E-state index contributed by atoms with van der Waals surface area (Å²) in [7, 11) is 0. The number of aliphatic hydroxyl groups excluding tert-OH is 3. The molecule has 4 N–H and O–H groups in total. The molecule has 11 heteroatoms. The number of ether oxygens (including phenoxy) is 3. The van der Waals surface area contributed by atoms with Crippen LogP contribution in [0.4, 0.5) is 0 Å². The van der Waals surface area contributed by atoms with Crippen LogP contribution < -0.4 is 0 Å². The summed E-state index contributed by atoms with van der Waals surface area (Å²) in [4.78, 5) is 40.0. The number of Topliss-reactive ketones (excluding diaryl/α,β-unsaturated/α-hetero) is 1. The maximum Gasteiger partial charge on any atom is 0.348 e. The first-order valence-electron chi connectivity index (χ1n) is 12.4. The summed E-state index contributed by atoms with van der Waals surface area (Å²) in [6.45, 7) is 5.66. The molecule has 0 amide bonds. The lowest BCUT2D eigenvalue weighted by molar-refractivity contribution is -0.342. The van der Waals surface area contributed by atoms with Gasteiger partial charge in [0.25, 0.3) is 0 Å². The van der Waals surface area contributed by atoms with E-state index in [2.05, 4.69) is 0 Å². The predicted molar refractivity (Wildman–Crippen MR) is 128 cm³/mol. The molecule has 0 unspecified atom stereocenters. The van der Waals surface area contributed by atoms with E-state index in [4.69, 9.17) is 14.2 Å². The smallest absolute Gasteiger partial charge is 0.348 e. The molecular weight excluding hydrogens is 504 g/mol. The lowest BCUT2D eigenvalue weighted by atomic mass is 9.47. The zero-order valence-corrected chi connectivity index (χ0v) is 21.9. The van der Waals surface area contributed by atoms with Crippen LogP contribution in [0.5, 0.6) is 0 Å². The second-order valence-corrected chi connectivity index (χ2v) is 11.9. The maximum absolute atomic E-state index is 14.1. The van der Waals surface area contributed by atoms with Crippen molar-refractivity contribution in [1.29, 1.82) is 0 Å². The molecule has 1 aromatic heterocycles. The minimum absolute atomic E-state index is 0.0705. The average Bonchev–Trinajstić information content (AvgIpc) is 3.37. The van der Waals surface area contributed by atoms with Gasteiger partial charge in [-0.1, -0.05) is 13.0 Å². The van der Waals surface area contributed by atoms with Crippen LogP contribution in [0.25, 0.3) is 0 Å². The molecule has 2 heterocycles. The van der Waals surface area contributed by atoms with Gasteiger partial charge in [0.2, 0.25) is 0 Å². The van der Waals surface area contributed by atoms with Crippen LogP contribution in [0.3, 0.4) is 0 Å². The van der Waals surface area contributed by atoms with E-state index in [1.807, 2.05) is 0 Å². The van der Waals surface area contributed by atoms with E-state index in [1.54, 1.807) is 31.4 Å². The van der Waals surface area contributed by atoms with Crippen LogP contribution in [0.1, 0.15) is 50.2 Å². The number of hydrogen-bond donors (Lipinski definition) is 4. The summed E-state index contributed by atoms with van der Waals surface area (Å²) in [5.41, 5.74) is -4.85. The number of carbonyl (C=O) groups is 3. The largest absolute Gasteiger partial charge is 0.455 e. The van der Waals surface area contributed by atoms with Crippen molar-refractivity contribution in [3.8, 4) is 0 Å². The third-order valence-electron chi connectivity index (χ3n) is 9.21. The van der Waals surface area contributed by atoms with E-state index in [0.29, 0.717) is 5.57 Å². The van der Waals surface area contributed by atoms with Gasteiger partial charge in [0.1, 0.15) is 28.8 Å². The fourth-order valence-electron chi connectivity index (χ4n) is 7.12. The van der Waals surface area contributed by atoms with E-state index in [0.717, 1.165) is 11.3 Å². The fourth-order valence-corrected chi connectivity index (χ4v) is 7.73. The van der Waals surface area contributed by atoms with Crippen LogP contribution >= 0.6 is 11.3 Å². The van der Waals surface area contributed by atoms with Crippen LogP contribution in [0.15, 0.2) is 28.7 Å². The number of hydrogen-bond acceptors (Lipinski definition) is 11. The predicted octanol–water partition coefficient (Wildman–Crippen LogP) is 0.753. The van der Waals surface area contributed by atoms with Gasteiger partial charge >= 0.3 is 11.9 Å². The number of rotatable bonds is 3. The third kappa shape index (κ3) is 3.51. The van der Waals surface area contributed by atoms with Gasteiger partial charge in [-0.05, 0) is 36.4 Å². The molecule has 5 rings (SSSR count). The Morgan fingerprint density at radius 1 is 1.24 bits per heavy atom. The second kappa shape index (κ2) is 8.69. The summed E-state index contributed by atoms with van der Waals surface area (Å²) in [6, 6.07) is 3.21. The zero-order chi connectivity index (χ0) is 27.1. The molecule has 1 saturated heterocycles. The number of fused-ring (bicyclic) bond motifs is 5. The van der Waals surface area contributed by atoms with Crippen LogP contribution in [0.2, 0.25) is 0 Å². The van der Waals surface area contributed by atoms with Crippen LogP contribution in [0, 0.1) is 17.3 Å². The number of thiophene rings is 1. The number of ketones is 1. The van der Waals surface area contributed by atoms with E-state index in [1.165, 1.54) is 13.8 Å². The van der Waals surface area contributed by atoms with Gasteiger partial charge in [0.05, 0.1) is 30.1 Å². The van der Waals surface area contributed by atoms with Gasteiger partial charge in [-0.2, -0.15) is 0 Å². The Hall–Kier alpha value is -2.15. The molecule has 2 bridgehead atoms. The molecule has 4 aliphatic rings. The lowest BCUT2D eigenvalue weighted by Gasteiger charge is -2.66. The Balaban J connectivity index is 1.78. The van der Waals surface area contributed by atoms with E-state index < -0.39 is 76.7 Å². The molecule has 10 atom stereocenters. The average molecular weight is 537 g/mol. The molecule has 0 radical (unpaired) electrons. The highest BCUT2D eigenvalue weighted by Crippen LogP contribution is 2.61. The third-order valence-corrected chi connectivity index (χ3v) is 10.1. The Morgan fingerprint density at radius 3 is 2.51 bits per heavy atom. The topological polar surface area (TPSA) is 160 Å². The van der Waals surface area contributed by atoms with Gasteiger partial charge in [0, 0.05) is 25.7 Å². The first-order chi connectivity index (χ1) is 17.3. The highest BCUT2D eigenvalue weighted by atomic mass is 32.1. The summed E-state index contributed by atoms with van der Waals surface area (Å²) in [6.07, 6.45) is -7.05. The minimum atomic E-state index is -1.99. The molecule has 3 aliphatic carbocycles. The molecule has 2 saturated carbocycles. The molecular formula is C26H32O10S. The van der Waals surface area contributed by atoms with Crippen molar-refractivity contribution in [3.05, 3.63) is 33.5 Å². The standard InChI is InChI=1S/C26H32O10S/c1-11-14(28)9-25(33)12(2)18(11)19(30)21(31)24(4)16(29)8-17-26(10-34-17,36-13(3)27)20(24)22(25)35-23(32)15-6-5-7-37-15/h5-7,12,14,16-17,19-20,22,28-30,33H,8-10H2,1-4H3/t12-,14-,16-,17+,19+,20-,22-,24+,25-,26-/m0/s1. The highest BCUT2D eigenvalue weighted by Gasteiger charge is 2.76. The van der Waals surface area contributed by atoms with Gasteiger partial charge < -0.3 is 34.6 Å². The zero-order valence-electron chi connectivity index (χ0n) is 21.0. The summed E-state index contributed by atoms with van der Waals surface area (Å²) >= 11 is 1.13. The van der Waals surface area contributed by atoms with Gasteiger partial charge in [-0.3, -0.25) is 9.59 Å². The van der Waals surface area contributed by atoms with Gasteiger partial charge in [-0.15, -0.1) is 11.3 Å². The molecule has 0 spiro atoms. The Labute approximate surface area is 217 Å². The minimum Gasteiger partial charge on any atom is -0.455 e. The van der Waals surface area contributed by atoms with Crippen molar-refractivity contribution in [1.82, 2.24) is 0 Å². The van der Waals surface area contributed by atoms with Crippen molar-refractivity contribution in [2.75, 3.05) is 6.61 Å². The van der Waals surface area contributed by atoms with Gasteiger partial charge in [-0.25, -0.2) is 4.79 Å². The van der Waals surface area contributed by atoms with Crippen molar-refractivity contribution >= 4 is 29.1 Å². The quantitative estimate of drug-likeness (QED) is 0.321. The Morgan fingerprint density at radius 2 is 1.95 bits per heavy atom. The lowest BCUT2D eigenvalue weighted by Crippen LogP contribution is -2.81. The van der Waals surface area contributed by atoms with Crippen LogP contribution in [-0.4, -0.2) is 86.5 Å². The second-order valence-electron chi connectivity index (χ2n) is 11.0. The summed E-state index contributed by atoms with van der Waals surface area (Å²) in [5.74, 6) is -4.43. The van der Waals surface area contributed by atoms with Gasteiger partial charge in [0.15, 0.2) is 11.4 Å². The molecule has 3 fully saturated rings. The SMILES string of the molecule is CC(=O)O[C@@]12CO[C@@H]1C[C@H](O)[C@@]1(C)C(=O)[C@H](O)C3=C(C)[C@@H](O)C[C@](O)([C@H]3C)[C@@H](OC(=O)c3cccs3)[C@H]21. The number of aliphatic hydroxyl groups is 4.